The molecule has 10 nitrogen and oxygen atoms in total. The Bertz CT molecular complexity index is 671. The molecule has 0 aliphatic rings. The molecule has 0 amide bonds. The number of unbranched alkanes of at least 4 members (excludes halogenated alkanes) is 2. The van der Waals surface area contributed by atoms with Crippen LogP contribution in [0.2, 0.25) is 0 Å². The van der Waals surface area contributed by atoms with Crippen LogP contribution in [0.15, 0.2) is 0 Å². The van der Waals surface area contributed by atoms with Gasteiger partial charge in [0.15, 0.2) is 0 Å². The first kappa shape index (κ1) is 68.3. The highest BCUT2D eigenvalue weighted by atomic mass is 14.7. The maximum absolute atomic E-state index is 5.86. The molecule has 20 N–H and O–H groups in total. The van der Waals surface area contributed by atoms with E-state index in [2.05, 4.69) is 96.9 Å². The Balaban J connectivity index is -0.000000137. The lowest BCUT2D eigenvalue weighted by Gasteiger charge is -2.12. The molecular formula is C47H116N10. The molecule has 0 fully saturated rings. The molecule has 0 radical (unpaired) electrons. The number of hydrogen-bond donors (Lipinski definition) is 10. The molecule has 0 spiro atoms. The van der Waals surface area contributed by atoms with E-state index in [1.807, 2.05) is 0 Å². The van der Waals surface area contributed by atoms with Crippen LogP contribution in [0.4, 0.5) is 0 Å². The molecule has 0 aromatic heterocycles. The normalized spacial score (nSPS) is 14.2. The van der Waals surface area contributed by atoms with Crippen molar-refractivity contribution in [1.29, 1.82) is 0 Å². The molecule has 0 unspecified atom stereocenters. The zero-order valence-corrected chi connectivity index (χ0v) is 41.6. The van der Waals surface area contributed by atoms with Crippen LogP contribution in [0.25, 0.3) is 0 Å². The predicted molar refractivity (Wildman–Crippen MR) is 263 cm³/mol. The first-order valence-electron chi connectivity index (χ1n) is 23.8. The summed E-state index contributed by atoms with van der Waals surface area (Å²) >= 11 is 0. The van der Waals surface area contributed by atoms with Crippen LogP contribution < -0.4 is 57.3 Å². The van der Waals surface area contributed by atoms with Crippen LogP contribution in [0.3, 0.4) is 0 Å². The summed E-state index contributed by atoms with van der Waals surface area (Å²) < 4.78 is 0. The van der Waals surface area contributed by atoms with Crippen molar-refractivity contribution in [2.45, 2.75) is 242 Å². The van der Waals surface area contributed by atoms with Crippen LogP contribution >= 0.6 is 0 Å². The molecule has 57 heavy (non-hydrogen) atoms. The molecule has 0 aliphatic heterocycles. The summed E-state index contributed by atoms with van der Waals surface area (Å²) in [5, 5.41) is 0. The van der Waals surface area contributed by atoms with Crippen molar-refractivity contribution in [3.63, 3.8) is 0 Å². The molecule has 10 heteroatoms. The van der Waals surface area contributed by atoms with Crippen molar-refractivity contribution in [2.75, 3.05) is 26.2 Å². The third kappa shape index (κ3) is 80.3. The first-order chi connectivity index (χ1) is 26.5. The van der Waals surface area contributed by atoms with Gasteiger partial charge in [0, 0.05) is 49.3 Å². The van der Waals surface area contributed by atoms with Crippen molar-refractivity contribution >= 4 is 0 Å². The number of hydrogen-bond acceptors (Lipinski definition) is 10. The summed E-state index contributed by atoms with van der Waals surface area (Å²) in [7, 11) is 0. The van der Waals surface area contributed by atoms with Crippen LogP contribution in [0.5, 0.6) is 0 Å². The maximum Gasteiger partial charge on any atom is 0.0165 e. The van der Waals surface area contributed by atoms with E-state index >= 15 is 0 Å². The van der Waals surface area contributed by atoms with Gasteiger partial charge in [-0.1, -0.05) is 135 Å². The van der Waals surface area contributed by atoms with E-state index in [1.165, 1.54) is 70.6 Å². The Morgan fingerprint density at radius 1 is 0.281 bits per heavy atom. The second kappa shape index (κ2) is 51.7. The molecule has 0 heterocycles. The summed E-state index contributed by atoms with van der Waals surface area (Å²) in [6, 6.07) is 1.95. The third-order valence-corrected chi connectivity index (χ3v) is 9.11. The lowest BCUT2D eigenvalue weighted by atomic mass is 10.0. The van der Waals surface area contributed by atoms with Crippen molar-refractivity contribution in [2.24, 2.45) is 92.8 Å². The van der Waals surface area contributed by atoms with Gasteiger partial charge in [-0.3, -0.25) is 0 Å². The van der Waals surface area contributed by atoms with Crippen LogP contribution in [-0.2, 0) is 0 Å². The van der Waals surface area contributed by atoms with Gasteiger partial charge < -0.3 is 57.3 Å². The molecule has 0 saturated carbocycles. The molecule has 354 valence electrons. The van der Waals surface area contributed by atoms with Gasteiger partial charge in [-0.2, -0.15) is 0 Å². The van der Waals surface area contributed by atoms with Gasteiger partial charge in [0.05, 0.1) is 0 Å². The van der Waals surface area contributed by atoms with E-state index in [9.17, 15) is 0 Å². The Morgan fingerprint density at radius 2 is 0.579 bits per heavy atom. The number of rotatable bonds is 27. The maximum atomic E-state index is 5.86. The molecule has 0 saturated heterocycles. The second-order valence-electron chi connectivity index (χ2n) is 19.3. The fraction of sp³-hybridized carbons (Fsp3) is 1.00. The van der Waals surface area contributed by atoms with Crippen molar-refractivity contribution in [3.05, 3.63) is 0 Å². The minimum absolute atomic E-state index is 0.204. The summed E-state index contributed by atoms with van der Waals surface area (Å²) in [4.78, 5) is 0. The third-order valence-electron chi connectivity index (χ3n) is 9.11. The van der Waals surface area contributed by atoms with Crippen LogP contribution in [0.1, 0.15) is 206 Å². The minimum Gasteiger partial charge on any atom is -0.330 e. The highest BCUT2D eigenvalue weighted by molar-refractivity contribution is 4.66. The van der Waals surface area contributed by atoms with Crippen molar-refractivity contribution in [3.8, 4) is 0 Å². The predicted octanol–water partition coefficient (Wildman–Crippen LogP) is 8.32. The second-order valence-corrected chi connectivity index (χ2v) is 19.3. The van der Waals surface area contributed by atoms with Gasteiger partial charge in [0.2, 0.25) is 0 Å². The van der Waals surface area contributed by atoms with E-state index < -0.39 is 0 Å². The molecule has 0 aromatic rings. The highest BCUT2D eigenvalue weighted by Gasteiger charge is 2.06. The number of nitrogens with two attached hydrogens (primary N) is 10. The summed E-state index contributed by atoms with van der Waals surface area (Å²) in [6.07, 6.45) is 19.8. The van der Waals surface area contributed by atoms with E-state index in [-0.39, 0.29) is 12.1 Å². The average Bonchev–Trinajstić information content (AvgIpc) is 3.09. The highest BCUT2D eigenvalue weighted by Crippen LogP contribution is 2.10. The molecule has 0 rings (SSSR count). The van der Waals surface area contributed by atoms with E-state index in [0.29, 0.717) is 55.6 Å². The van der Waals surface area contributed by atoms with Gasteiger partial charge in [-0.15, -0.1) is 0 Å². The van der Waals surface area contributed by atoms with Gasteiger partial charge >= 0.3 is 0 Å². The quantitative estimate of drug-likeness (QED) is 0.0379. The van der Waals surface area contributed by atoms with Gasteiger partial charge in [0.25, 0.3) is 0 Å². The summed E-state index contributed by atoms with van der Waals surface area (Å²) in [5.74, 6) is 4.45. The van der Waals surface area contributed by atoms with Gasteiger partial charge in [-0.05, 0) is 119 Å². The zero-order valence-electron chi connectivity index (χ0n) is 41.6. The Kier molecular flexibility index (Phi) is 62.0. The topological polar surface area (TPSA) is 260 Å². The summed E-state index contributed by atoms with van der Waals surface area (Å²) in [5.41, 5.74) is 55.7. The van der Waals surface area contributed by atoms with Gasteiger partial charge in [0.1, 0.15) is 0 Å². The molecule has 0 aromatic carbocycles. The average molecular weight is 822 g/mol. The molecular weight excluding hydrogens is 705 g/mol. The van der Waals surface area contributed by atoms with Crippen LogP contribution in [0, 0.1) is 35.5 Å². The minimum atomic E-state index is 0.204. The SMILES string of the molecule is CC(C)CCC[C@H](N)CN.CC(C)CC[C@H](N)CCN.CC(C)C[C@@H](N)CCN.CC(C)C[C@@H](N)CN.CCCC[C@@H](N)CC(C)C.CCCC[C@H](N)CC(C)C. The Hall–Kier alpha value is -0.400. The lowest BCUT2D eigenvalue weighted by molar-refractivity contribution is 0.461. The largest absolute Gasteiger partial charge is 0.330 e. The zero-order chi connectivity index (χ0) is 45.8. The standard InChI is InChI=1S/2C9H21N.2C8H20N2.C7H18N2.C6H16N2/c2*1-4-5-6-9(10)7-8(2)3;1-7(2)3-4-8(10)5-6-9;1-7(2)4-3-5-8(10)6-9;1-6(2)5-7(9)3-4-8;1-5(2)3-6(8)4-7/h2*8-9H,4-7,10H2,1-3H3;2*7-8H,3-6,9-10H2,1-2H3;6-7H,3-5,8-9H2,1-2H3;5-6H,3-4,7-8H2,1-2H3/t2*9-;2*8-;7-;6-/m100001/s1. The van der Waals surface area contributed by atoms with Crippen LogP contribution in [-0.4, -0.2) is 62.4 Å². The van der Waals surface area contributed by atoms with Crippen molar-refractivity contribution in [1.82, 2.24) is 0 Å². The molecule has 0 bridgehead atoms. The smallest absolute Gasteiger partial charge is 0.0165 e. The van der Waals surface area contributed by atoms with E-state index in [0.717, 1.165) is 68.7 Å². The molecule has 6 atom stereocenters. The van der Waals surface area contributed by atoms with E-state index in [4.69, 9.17) is 57.3 Å². The Morgan fingerprint density at radius 3 is 0.842 bits per heavy atom. The lowest BCUT2D eigenvalue weighted by Crippen LogP contribution is -2.30. The Labute approximate surface area is 360 Å². The fourth-order valence-corrected chi connectivity index (χ4v) is 5.83. The fourth-order valence-electron chi connectivity index (χ4n) is 5.83. The van der Waals surface area contributed by atoms with Gasteiger partial charge in [-0.25, -0.2) is 0 Å². The summed E-state index contributed by atoms with van der Waals surface area (Å²) in [6.45, 7) is 33.5. The van der Waals surface area contributed by atoms with E-state index in [1.54, 1.807) is 0 Å². The monoisotopic (exact) mass is 821 g/mol. The molecule has 0 aliphatic carbocycles. The van der Waals surface area contributed by atoms with Crippen molar-refractivity contribution < 1.29 is 0 Å². The first-order valence-corrected chi connectivity index (χ1v) is 23.8.